The van der Waals surface area contributed by atoms with Crippen LogP contribution in [-0.4, -0.2) is 29.4 Å². The van der Waals surface area contributed by atoms with Gasteiger partial charge in [-0.05, 0) is 25.0 Å². The Labute approximate surface area is 120 Å². The number of hydrogen-bond donors (Lipinski definition) is 1. The van der Waals surface area contributed by atoms with Gasteiger partial charge in [-0.3, -0.25) is 9.69 Å². The number of anilines is 1. The standard InChI is InChI=1S/C14H16F3N3O/c15-9-1-2-11(19-7-9)20-4-3-13(12(20)21)5-10(18)6-14(16,17)8-13/h1-2,7,10H,3-6,8,18H2. The van der Waals surface area contributed by atoms with Crippen LogP contribution in [-0.2, 0) is 4.79 Å². The van der Waals surface area contributed by atoms with Crippen molar-refractivity contribution in [2.45, 2.75) is 37.6 Å². The highest BCUT2D eigenvalue weighted by molar-refractivity contribution is 5.99. The molecular formula is C14H16F3N3O. The van der Waals surface area contributed by atoms with Crippen LogP contribution >= 0.6 is 0 Å². The van der Waals surface area contributed by atoms with E-state index in [1.807, 2.05) is 0 Å². The molecule has 1 saturated carbocycles. The molecule has 2 N–H and O–H groups in total. The Morgan fingerprint density at radius 1 is 1.33 bits per heavy atom. The molecule has 2 atom stereocenters. The van der Waals surface area contributed by atoms with Crippen LogP contribution in [0.25, 0.3) is 0 Å². The summed E-state index contributed by atoms with van der Waals surface area (Å²) in [6.45, 7) is 0.306. The van der Waals surface area contributed by atoms with Crippen molar-refractivity contribution in [3.8, 4) is 0 Å². The minimum atomic E-state index is -2.92. The van der Waals surface area contributed by atoms with Gasteiger partial charge in [-0.15, -0.1) is 0 Å². The highest BCUT2D eigenvalue weighted by Gasteiger charge is 2.56. The van der Waals surface area contributed by atoms with E-state index in [0.717, 1.165) is 6.20 Å². The van der Waals surface area contributed by atoms with Crippen LogP contribution in [0.2, 0.25) is 0 Å². The second kappa shape index (κ2) is 4.69. The molecule has 0 radical (unpaired) electrons. The molecule has 1 spiro atoms. The SMILES string of the molecule is NC1CC(F)(F)CC2(CCN(c3ccc(F)cn3)C2=O)C1. The third-order valence-corrected chi connectivity index (χ3v) is 4.31. The van der Waals surface area contributed by atoms with E-state index in [-0.39, 0.29) is 18.7 Å². The molecule has 21 heavy (non-hydrogen) atoms. The maximum absolute atomic E-state index is 13.8. The van der Waals surface area contributed by atoms with Crippen molar-refractivity contribution in [2.24, 2.45) is 11.1 Å². The van der Waals surface area contributed by atoms with Crippen molar-refractivity contribution in [2.75, 3.05) is 11.4 Å². The second-order valence-electron chi connectivity index (χ2n) is 6.02. The van der Waals surface area contributed by atoms with Gasteiger partial charge in [0.1, 0.15) is 11.6 Å². The molecule has 0 bridgehead atoms. The number of amides is 1. The zero-order valence-corrected chi connectivity index (χ0v) is 11.4. The molecule has 114 valence electrons. The van der Waals surface area contributed by atoms with Gasteiger partial charge in [-0.1, -0.05) is 0 Å². The van der Waals surface area contributed by atoms with Crippen LogP contribution in [0.3, 0.4) is 0 Å². The summed E-state index contributed by atoms with van der Waals surface area (Å²) >= 11 is 0. The van der Waals surface area contributed by atoms with E-state index in [1.165, 1.54) is 17.0 Å². The average molecular weight is 299 g/mol. The molecule has 7 heteroatoms. The van der Waals surface area contributed by atoms with Crippen LogP contribution in [0.5, 0.6) is 0 Å². The van der Waals surface area contributed by atoms with E-state index in [1.54, 1.807) is 0 Å². The molecule has 1 saturated heterocycles. The van der Waals surface area contributed by atoms with Crippen molar-refractivity contribution in [3.05, 3.63) is 24.1 Å². The number of pyridine rings is 1. The highest BCUT2D eigenvalue weighted by atomic mass is 19.3. The van der Waals surface area contributed by atoms with E-state index in [2.05, 4.69) is 4.98 Å². The summed E-state index contributed by atoms with van der Waals surface area (Å²) < 4.78 is 40.5. The van der Waals surface area contributed by atoms with Crippen molar-refractivity contribution in [1.29, 1.82) is 0 Å². The Hall–Kier alpha value is -1.63. The number of carbonyl (C=O) groups excluding carboxylic acids is 1. The summed E-state index contributed by atoms with van der Waals surface area (Å²) in [4.78, 5) is 17.8. The average Bonchev–Trinajstić information content (AvgIpc) is 2.65. The van der Waals surface area contributed by atoms with Crippen LogP contribution in [0.15, 0.2) is 18.3 Å². The van der Waals surface area contributed by atoms with Crippen molar-refractivity contribution < 1.29 is 18.0 Å². The van der Waals surface area contributed by atoms with Crippen LogP contribution < -0.4 is 10.6 Å². The van der Waals surface area contributed by atoms with Gasteiger partial charge >= 0.3 is 0 Å². The Balaban J connectivity index is 1.87. The normalized spacial score (nSPS) is 31.9. The molecule has 0 aromatic carbocycles. The van der Waals surface area contributed by atoms with Crippen LogP contribution in [0, 0.1) is 11.2 Å². The monoisotopic (exact) mass is 299 g/mol. The van der Waals surface area contributed by atoms with Crippen molar-refractivity contribution in [3.63, 3.8) is 0 Å². The number of hydrogen-bond acceptors (Lipinski definition) is 3. The summed E-state index contributed by atoms with van der Waals surface area (Å²) in [7, 11) is 0. The number of aromatic nitrogens is 1. The topological polar surface area (TPSA) is 59.2 Å². The predicted molar refractivity (Wildman–Crippen MR) is 70.4 cm³/mol. The molecular weight excluding hydrogens is 283 g/mol. The maximum atomic E-state index is 13.8. The quantitative estimate of drug-likeness (QED) is 0.864. The molecule has 1 aliphatic heterocycles. The second-order valence-corrected chi connectivity index (χ2v) is 6.02. The molecule has 3 rings (SSSR count). The first-order valence-corrected chi connectivity index (χ1v) is 6.88. The Morgan fingerprint density at radius 2 is 2.10 bits per heavy atom. The fourth-order valence-corrected chi connectivity index (χ4v) is 3.52. The summed E-state index contributed by atoms with van der Waals surface area (Å²) in [5.41, 5.74) is 4.60. The molecule has 2 aliphatic rings. The molecule has 1 aromatic rings. The lowest BCUT2D eigenvalue weighted by Crippen LogP contribution is -2.49. The smallest absolute Gasteiger partial charge is 0.250 e. The third kappa shape index (κ3) is 2.50. The van der Waals surface area contributed by atoms with Crippen LogP contribution in [0.1, 0.15) is 25.7 Å². The van der Waals surface area contributed by atoms with E-state index < -0.39 is 29.6 Å². The lowest BCUT2D eigenvalue weighted by Gasteiger charge is -2.39. The maximum Gasteiger partial charge on any atom is 0.250 e. The highest BCUT2D eigenvalue weighted by Crippen LogP contribution is 2.50. The number of alkyl halides is 2. The minimum absolute atomic E-state index is 0.263. The molecule has 2 fully saturated rings. The first-order valence-electron chi connectivity index (χ1n) is 6.88. The first kappa shape index (κ1) is 14.3. The van der Waals surface area contributed by atoms with Gasteiger partial charge in [0.25, 0.3) is 5.92 Å². The fourth-order valence-electron chi connectivity index (χ4n) is 3.52. The van der Waals surface area contributed by atoms with Crippen LogP contribution in [0.4, 0.5) is 19.0 Å². The number of halogens is 3. The number of carbonyl (C=O) groups is 1. The number of nitrogens with zero attached hydrogens (tertiary/aromatic N) is 2. The van der Waals surface area contributed by atoms with E-state index in [4.69, 9.17) is 5.73 Å². The Bertz CT molecular complexity index is 563. The van der Waals surface area contributed by atoms with Gasteiger partial charge in [0.15, 0.2) is 0 Å². The number of rotatable bonds is 1. The molecule has 1 aromatic heterocycles. The first-order chi connectivity index (χ1) is 9.81. The van der Waals surface area contributed by atoms with Crippen molar-refractivity contribution in [1.82, 2.24) is 4.98 Å². The van der Waals surface area contributed by atoms with Gasteiger partial charge in [-0.25, -0.2) is 18.2 Å². The summed E-state index contributed by atoms with van der Waals surface area (Å²) in [6, 6.07) is 1.90. The van der Waals surface area contributed by atoms with Gasteiger partial charge in [0.2, 0.25) is 5.91 Å². The summed E-state index contributed by atoms with van der Waals surface area (Å²) in [6.07, 6.45) is 0.753. The fraction of sp³-hybridized carbons (Fsp3) is 0.571. The number of nitrogens with two attached hydrogens (primary N) is 1. The molecule has 2 unspecified atom stereocenters. The third-order valence-electron chi connectivity index (χ3n) is 4.31. The van der Waals surface area contributed by atoms with Gasteiger partial charge in [0.05, 0.1) is 11.6 Å². The summed E-state index contributed by atoms with van der Waals surface area (Å²) in [5, 5.41) is 0. The van der Waals surface area contributed by atoms with E-state index >= 15 is 0 Å². The largest absolute Gasteiger partial charge is 0.327 e. The molecule has 4 nitrogen and oxygen atoms in total. The predicted octanol–water partition coefficient (Wildman–Crippen LogP) is 2.09. The van der Waals surface area contributed by atoms with Gasteiger partial charge in [0, 0.05) is 25.4 Å². The molecule has 1 aliphatic carbocycles. The Morgan fingerprint density at radius 3 is 2.71 bits per heavy atom. The Kier molecular flexibility index (Phi) is 3.20. The zero-order valence-electron chi connectivity index (χ0n) is 11.4. The minimum Gasteiger partial charge on any atom is -0.327 e. The van der Waals surface area contributed by atoms with Gasteiger partial charge < -0.3 is 5.73 Å². The zero-order chi connectivity index (χ0) is 15.3. The lowest BCUT2D eigenvalue weighted by atomic mass is 9.69. The molecule has 2 heterocycles. The molecule has 1 amide bonds. The van der Waals surface area contributed by atoms with Gasteiger partial charge in [-0.2, -0.15) is 0 Å². The summed E-state index contributed by atoms with van der Waals surface area (Å²) in [5.74, 6) is -3.51. The van der Waals surface area contributed by atoms with E-state index in [0.29, 0.717) is 18.8 Å². The van der Waals surface area contributed by atoms with Crippen molar-refractivity contribution >= 4 is 11.7 Å². The van der Waals surface area contributed by atoms with E-state index in [9.17, 15) is 18.0 Å². The lowest BCUT2D eigenvalue weighted by molar-refractivity contribution is -0.139.